The fourth-order valence-electron chi connectivity index (χ4n) is 2.62. The van der Waals surface area contributed by atoms with Gasteiger partial charge in [0.25, 0.3) is 0 Å². The van der Waals surface area contributed by atoms with Crippen molar-refractivity contribution in [3.63, 3.8) is 0 Å². The Morgan fingerprint density at radius 2 is 1.96 bits per heavy atom. The zero-order valence-corrected chi connectivity index (χ0v) is 15.7. The van der Waals surface area contributed by atoms with Gasteiger partial charge in [-0.1, -0.05) is 6.92 Å². The molecule has 0 aliphatic carbocycles. The van der Waals surface area contributed by atoms with E-state index in [1.165, 1.54) is 17.7 Å². The molecule has 1 aromatic heterocycles. The van der Waals surface area contributed by atoms with Gasteiger partial charge in [0.05, 0.1) is 4.90 Å². The number of nitrogens with two attached hydrogens (primary N) is 1. The summed E-state index contributed by atoms with van der Waals surface area (Å²) in [5, 5.41) is 4.24. The number of nitrogens with zero attached hydrogens (tertiary/aromatic N) is 1. The molecule has 1 heterocycles. The van der Waals surface area contributed by atoms with Crippen molar-refractivity contribution in [2.24, 2.45) is 0 Å². The van der Waals surface area contributed by atoms with E-state index in [9.17, 15) is 8.42 Å². The molecule has 1 aromatic carbocycles. The van der Waals surface area contributed by atoms with Crippen molar-refractivity contribution >= 4 is 27.0 Å². The molecule has 2 aromatic rings. The molecule has 0 saturated carbocycles. The van der Waals surface area contributed by atoms with Gasteiger partial charge in [-0.2, -0.15) is 11.3 Å². The first kappa shape index (κ1) is 18.9. The summed E-state index contributed by atoms with van der Waals surface area (Å²) in [4.78, 5) is 2.52. The lowest BCUT2D eigenvalue weighted by atomic mass is 10.1. The second-order valence-corrected chi connectivity index (χ2v) is 8.33. The molecule has 5 nitrogen and oxygen atoms in total. The number of nitrogen functional groups attached to an aromatic ring is 1. The van der Waals surface area contributed by atoms with Crippen molar-refractivity contribution in [2.75, 3.05) is 25.4 Å². The van der Waals surface area contributed by atoms with Crippen LogP contribution in [0.4, 0.5) is 5.69 Å². The van der Waals surface area contributed by atoms with E-state index in [4.69, 9.17) is 5.73 Å². The SMILES string of the molecule is CCN(CCNS(=O)(=O)c1ccc(N)cc1)C(C)Cc1ccsc1. The number of hydrogen-bond donors (Lipinski definition) is 2. The van der Waals surface area contributed by atoms with Gasteiger partial charge in [-0.05, 0) is 66.5 Å². The second-order valence-electron chi connectivity index (χ2n) is 5.78. The van der Waals surface area contributed by atoms with Crippen LogP contribution in [-0.2, 0) is 16.4 Å². The lowest BCUT2D eigenvalue weighted by molar-refractivity contribution is 0.222. The molecule has 0 radical (unpaired) electrons. The Morgan fingerprint density at radius 1 is 1.25 bits per heavy atom. The van der Waals surface area contributed by atoms with Crippen LogP contribution in [0.3, 0.4) is 0 Å². The maximum Gasteiger partial charge on any atom is 0.240 e. The molecule has 0 saturated heterocycles. The summed E-state index contributed by atoms with van der Waals surface area (Å²) in [6.45, 7) is 6.22. The third kappa shape index (κ3) is 5.31. The molecule has 1 unspecified atom stereocenters. The predicted octanol–water partition coefficient (Wildman–Crippen LogP) is 2.56. The van der Waals surface area contributed by atoms with E-state index < -0.39 is 10.0 Å². The van der Waals surface area contributed by atoms with Crippen LogP contribution in [0.1, 0.15) is 19.4 Å². The van der Waals surface area contributed by atoms with Crippen molar-refractivity contribution in [2.45, 2.75) is 31.2 Å². The zero-order chi connectivity index (χ0) is 17.6. The van der Waals surface area contributed by atoms with Crippen LogP contribution in [0.5, 0.6) is 0 Å². The Hall–Kier alpha value is -1.41. The van der Waals surface area contributed by atoms with Gasteiger partial charge in [0.15, 0.2) is 0 Å². The third-order valence-electron chi connectivity index (χ3n) is 4.02. The quantitative estimate of drug-likeness (QED) is 0.668. The monoisotopic (exact) mass is 367 g/mol. The lowest BCUT2D eigenvalue weighted by Gasteiger charge is -2.27. The van der Waals surface area contributed by atoms with Gasteiger partial charge in [-0.25, -0.2) is 13.1 Å². The highest BCUT2D eigenvalue weighted by Gasteiger charge is 2.16. The van der Waals surface area contributed by atoms with E-state index in [2.05, 4.69) is 40.3 Å². The van der Waals surface area contributed by atoms with Gasteiger partial charge in [-0.15, -0.1) is 0 Å². The predicted molar refractivity (Wildman–Crippen MR) is 101 cm³/mol. The van der Waals surface area contributed by atoms with Gasteiger partial charge in [0, 0.05) is 24.8 Å². The zero-order valence-electron chi connectivity index (χ0n) is 14.1. The standard InChI is InChI=1S/C17H25N3O2S2/c1-3-20(14(2)12-15-8-11-23-13-15)10-9-19-24(21,22)17-6-4-16(18)5-7-17/h4-8,11,13-14,19H,3,9-10,12,18H2,1-2H3. The van der Waals surface area contributed by atoms with E-state index in [0.717, 1.165) is 13.0 Å². The molecule has 0 aliphatic rings. The average molecular weight is 368 g/mol. The number of anilines is 1. The first-order valence-corrected chi connectivity index (χ1v) is 10.5. The summed E-state index contributed by atoms with van der Waals surface area (Å²) in [7, 11) is -3.49. The lowest BCUT2D eigenvalue weighted by Crippen LogP contribution is -2.40. The van der Waals surface area contributed by atoms with Crippen molar-refractivity contribution in [1.82, 2.24) is 9.62 Å². The fourth-order valence-corrected chi connectivity index (χ4v) is 4.33. The second kappa shape index (κ2) is 8.62. The number of rotatable bonds is 9. The molecule has 0 amide bonds. The smallest absolute Gasteiger partial charge is 0.240 e. The van der Waals surface area contributed by atoms with E-state index >= 15 is 0 Å². The highest BCUT2D eigenvalue weighted by Crippen LogP contribution is 2.13. The van der Waals surface area contributed by atoms with E-state index in [0.29, 0.717) is 24.8 Å². The largest absolute Gasteiger partial charge is 0.399 e. The van der Waals surface area contributed by atoms with E-state index in [1.807, 2.05) is 0 Å². The molecule has 3 N–H and O–H groups in total. The van der Waals surface area contributed by atoms with Crippen LogP contribution < -0.4 is 10.5 Å². The summed E-state index contributed by atoms with van der Waals surface area (Å²) in [5.74, 6) is 0. The molecule has 24 heavy (non-hydrogen) atoms. The average Bonchev–Trinajstić information content (AvgIpc) is 3.04. The van der Waals surface area contributed by atoms with Crippen LogP contribution in [0.2, 0.25) is 0 Å². The van der Waals surface area contributed by atoms with Gasteiger partial charge >= 0.3 is 0 Å². The van der Waals surface area contributed by atoms with Gasteiger partial charge < -0.3 is 5.73 Å². The molecule has 0 fully saturated rings. The summed E-state index contributed by atoms with van der Waals surface area (Å²) < 4.78 is 27.2. The highest BCUT2D eigenvalue weighted by molar-refractivity contribution is 7.89. The Kier molecular flexibility index (Phi) is 6.79. The van der Waals surface area contributed by atoms with Crippen LogP contribution in [0.15, 0.2) is 46.0 Å². The molecule has 0 bridgehead atoms. The number of nitrogens with one attached hydrogen (secondary N) is 1. The Labute approximate surface area is 148 Å². The van der Waals surface area contributed by atoms with Gasteiger partial charge in [0.2, 0.25) is 10.0 Å². The molecular weight excluding hydrogens is 342 g/mol. The minimum Gasteiger partial charge on any atom is -0.399 e. The summed E-state index contributed by atoms with van der Waals surface area (Å²) in [6.07, 6.45) is 0.974. The molecule has 2 rings (SSSR count). The Balaban J connectivity index is 1.87. The fraction of sp³-hybridized carbons (Fsp3) is 0.412. The first-order chi connectivity index (χ1) is 11.4. The number of hydrogen-bond acceptors (Lipinski definition) is 5. The van der Waals surface area contributed by atoms with Crippen LogP contribution in [-0.4, -0.2) is 39.0 Å². The van der Waals surface area contributed by atoms with E-state index in [1.54, 1.807) is 23.5 Å². The minimum absolute atomic E-state index is 0.242. The Morgan fingerprint density at radius 3 is 2.54 bits per heavy atom. The molecule has 7 heteroatoms. The minimum atomic E-state index is -3.49. The summed E-state index contributed by atoms with van der Waals surface area (Å²) in [5.41, 5.74) is 7.47. The van der Waals surface area contributed by atoms with Gasteiger partial charge in [0.1, 0.15) is 0 Å². The Bertz CT molecular complexity index is 713. The normalized spacial score (nSPS) is 13.3. The molecule has 132 valence electrons. The van der Waals surface area contributed by atoms with E-state index in [-0.39, 0.29) is 4.90 Å². The molecule has 1 atom stereocenters. The van der Waals surface area contributed by atoms with Crippen molar-refractivity contribution < 1.29 is 8.42 Å². The maximum absolute atomic E-state index is 12.3. The number of thiophene rings is 1. The van der Waals surface area contributed by atoms with Crippen molar-refractivity contribution in [3.05, 3.63) is 46.7 Å². The van der Waals surface area contributed by atoms with Crippen LogP contribution in [0, 0.1) is 0 Å². The maximum atomic E-state index is 12.3. The number of benzene rings is 1. The van der Waals surface area contributed by atoms with Crippen molar-refractivity contribution in [1.29, 1.82) is 0 Å². The molecule has 0 spiro atoms. The van der Waals surface area contributed by atoms with Crippen LogP contribution in [0.25, 0.3) is 0 Å². The van der Waals surface area contributed by atoms with Crippen molar-refractivity contribution in [3.8, 4) is 0 Å². The topological polar surface area (TPSA) is 75.4 Å². The molecule has 0 aliphatic heterocycles. The van der Waals surface area contributed by atoms with Gasteiger partial charge in [-0.3, -0.25) is 4.90 Å². The molecular formula is C17H25N3O2S2. The number of sulfonamides is 1. The third-order valence-corrected chi connectivity index (χ3v) is 6.23. The first-order valence-electron chi connectivity index (χ1n) is 8.02. The van der Waals surface area contributed by atoms with Crippen LogP contribution >= 0.6 is 11.3 Å². The highest BCUT2D eigenvalue weighted by atomic mass is 32.2. The summed E-state index contributed by atoms with van der Waals surface area (Å²) >= 11 is 1.70. The number of likely N-dealkylation sites (N-methyl/N-ethyl adjacent to an activating group) is 1. The summed E-state index contributed by atoms with van der Waals surface area (Å²) in [6, 6.07) is 8.73.